The van der Waals surface area contributed by atoms with Gasteiger partial charge in [-0.25, -0.2) is 0 Å². The molecule has 0 aliphatic carbocycles. The molecule has 0 N–H and O–H groups in total. The van der Waals surface area contributed by atoms with E-state index in [1.54, 1.807) is 48.5 Å². The number of benzene rings is 2. The highest BCUT2D eigenvalue weighted by molar-refractivity contribution is 6.53. The molecule has 0 radical (unpaired) electrons. The molecule has 0 atom stereocenters. The second-order valence-corrected chi connectivity index (χ2v) is 5.20. The maximum Gasteiger partial charge on any atom is 0.562 e. The highest BCUT2D eigenvalue weighted by Gasteiger charge is 2.21. The number of halogens is 2. The molecule has 1 heterocycles. The molecule has 0 saturated heterocycles. The van der Waals surface area contributed by atoms with Crippen molar-refractivity contribution in [3.8, 4) is 0 Å². The number of rotatable bonds is 2. The third-order valence-electron chi connectivity index (χ3n) is 2.88. The summed E-state index contributed by atoms with van der Waals surface area (Å²) in [5.41, 5.74) is 2.06. The topological polar surface area (TPSA) is 60.2 Å². The van der Waals surface area contributed by atoms with E-state index in [1.807, 2.05) is 0 Å². The molecule has 0 unspecified atom stereocenters. The average molecular weight is 335 g/mol. The predicted octanol–water partition coefficient (Wildman–Crippen LogP) is 4.27. The number of carbonyl (C=O) groups excluding carboxylic acids is 1. The van der Waals surface area contributed by atoms with Gasteiger partial charge in [0.25, 0.3) is 0 Å². The summed E-state index contributed by atoms with van der Waals surface area (Å²) in [6, 6.07) is 13.8. The maximum absolute atomic E-state index is 11.2. The molecular formula is C15H8Cl2N2O3. The van der Waals surface area contributed by atoms with Crippen LogP contribution < -0.4 is 0 Å². The lowest BCUT2D eigenvalue weighted by Crippen LogP contribution is -2.16. The Morgan fingerprint density at radius 3 is 1.41 bits per heavy atom. The van der Waals surface area contributed by atoms with Crippen molar-refractivity contribution in [2.75, 3.05) is 0 Å². The summed E-state index contributed by atoms with van der Waals surface area (Å²) in [6.45, 7) is 0. The van der Waals surface area contributed by atoms with Gasteiger partial charge in [-0.1, -0.05) is 57.8 Å². The lowest BCUT2D eigenvalue weighted by atomic mass is 10.00. The molecule has 0 saturated carbocycles. The van der Waals surface area contributed by atoms with Gasteiger partial charge >= 0.3 is 6.16 Å². The summed E-state index contributed by atoms with van der Waals surface area (Å²) in [7, 11) is 0. The monoisotopic (exact) mass is 334 g/mol. The Kier molecular flexibility index (Phi) is 4.09. The molecule has 1 aliphatic heterocycles. The van der Waals surface area contributed by atoms with Crippen LogP contribution in [-0.2, 0) is 9.68 Å². The van der Waals surface area contributed by atoms with Crippen molar-refractivity contribution in [3.05, 3.63) is 69.7 Å². The number of hydrogen-bond acceptors (Lipinski definition) is 5. The van der Waals surface area contributed by atoms with Crippen LogP contribution in [0.1, 0.15) is 11.1 Å². The van der Waals surface area contributed by atoms with Crippen LogP contribution in [-0.4, -0.2) is 17.6 Å². The van der Waals surface area contributed by atoms with E-state index < -0.39 is 6.16 Å². The molecule has 0 amide bonds. The van der Waals surface area contributed by atoms with Gasteiger partial charge in [-0.15, -0.1) is 0 Å². The fourth-order valence-corrected chi connectivity index (χ4v) is 2.12. The lowest BCUT2D eigenvalue weighted by Gasteiger charge is -2.07. The molecule has 5 nitrogen and oxygen atoms in total. The van der Waals surface area contributed by atoms with Crippen LogP contribution in [0, 0.1) is 0 Å². The summed E-state index contributed by atoms with van der Waals surface area (Å²) in [5, 5.41) is 8.80. The van der Waals surface area contributed by atoms with Gasteiger partial charge in [-0.3, -0.25) is 9.68 Å². The second-order valence-electron chi connectivity index (χ2n) is 4.33. The fourth-order valence-electron chi connectivity index (χ4n) is 1.86. The third-order valence-corrected chi connectivity index (χ3v) is 3.39. The van der Waals surface area contributed by atoms with Crippen LogP contribution in [0.2, 0.25) is 10.0 Å². The van der Waals surface area contributed by atoms with Crippen molar-refractivity contribution in [3.63, 3.8) is 0 Å². The molecule has 0 bridgehead atoms. The Hall–Kier alpha value is -2.37. The van der Waals surface area contributed by atoms with E-state index >= 15 is 0 Å². The van der Waals surface area contributed by atoms with E-state index in [2.05, 4.69) is 20.0 Å². The SMILES string of the molecule is O=C1ON=C(c2ccc(Cl)cc2)C(c2ccc(Cl)cc2)=NO1. The molecule has 7 heteroatoms. The van der Waals surface area contributed by atoms with Crippen LogP contribution in [0.3, 0.4) is 0 Å². The van der Waals surface area contributed by atoms with E-state index in [-0.39, 0.29) is 0 Å². The Morgan fingerprint density at radius 1 is 0.682 bits per heavy atom. The highest BCUT2D eigenvalue weighted by atomic mass is 35.5. The Bertz CT molecular complexity index is 703. The second kappa shape index (κ2) is 6.17. The highest BCUT2D eigenvalue weighted by Crippen LogP contribution is 2.18. The molecule has 2 aromatic rings. The van der Waals surface area contributed by atoms with Crippen molar-refractivity contribution in [1.29, 1.82) is 0 Å². The first-order chi connectivity index (χ1) is 10.6. The van der Waals surface area contributed by atoms with E-state index in [1.165, 1.54) is 0 Å². The Morgan fingerprint density at radius 2 is 1.05 bits per heavy atom. The molecular weight excluding hydrogens is 327 g/mol. The number of oxime groups is 2. The maximum atomic E-state index is 11.2. The zero-order valence-electron chi connectivity index (χ0n) is 11.0. The lowest BCUT2D eigenvalue weighted by molar-refractivity contribution is 0.0624. The van der Waals surface area contributed by atoms with Crippen LogP contribution in [0.15, 0.2) is 58.8 Å². The number of hydrogen-bond donors (Lipinski definition) is 0. The quantitative estimate of drug-likeness (QED) is 0.770. The van der Waals surface area contributed by atoms with Crippen molar-refractivity contribution >= 4 is 40.8 Å². The Balaban J connectivity index is 2.08. The molecule has 3 rings (SSSR count). The van der Waals surface area contributed by atoms with E-state index in [0.29, 0.717) is 32.6 Å². The van der Waals surface area contributed by atoms with Crippen molar-refractivity contribution < 1.29 is 14.5 Å². The minimum atomic E-state index is -1.00. The van der Waals surface area contributed by atoms with Gasteiger partial charge in [-0.05, 0) is 24.3 Å². The summed E-state index contributed by atoms with van der Waals surface area (Å²) in [4.78, 5) is 20.5. The molecule has 110 valence electrons. The molecule has 22 heavy (non-hydrogen) atoms. The van der Waals surface area contributed by atoms with E-state index in [9.17, 15) is 4.79 Å². The van der Waals surface area contributed by atoms with E-state index in [4.69, 9.17) is 23.2 Å². The Labute approximate surface area is 135 Å². The van der Waals surface area contributed by atoms with Gasteiger partial charge in [0, 0.05) is 21.2 Å². The van der Waals surface area contributed by atoms with Crippen molar-refractivity contribution in [2.24, 2.45) is 10.3 Å². The van der Waals surface area contributed by atoms with Gasteiger partial charge in [0.2, 0.25) is 0 Å². The standard InChI is InChI=1S/C15H8Cl2N2O3/c16-11-5-1-9(2-6-11)13-14(19-22-15(20)21-18-13)10-3-7-12(17)8-4-10/h1-8H. The normalized spacial score (nSPS) is 14.4. The van der Waals surface area contributed by atoms with Crippen molar-refractivity contribution in [1.82, 2.24) is 0 Å². The largest absolute Gasteiger partial charge is 0.562 e. The molecule has 0 spiro atoms. The zero-order valence-corrected chi connectivity index (χ0v) is 12.5. The summed E-state index contributed by atoms with van der Waals surface area (Å²) in [5.74, 6) is 0. The molecule has 2 aromatic carbocycles. The first-order valence-electron chi connectivity index (χ1n) is 6.20. The minimum Gasteiger partial charge on any atom is -0.280 e. The van der Waals surface area contributed by atoms with Crippen LogP contribution in [0.5, 0.6) is 0 Å². The first kappa shape index (κ1) is 14.6. The third kappa shape index (κ3) is 3.10. The van der Waals surface area contributed by atoms with Gasteiger partial charge in [0.1, 0.15) is 11.4 Å². The number of nitrogens with zero attached hydrogens (tertiary/aromatic N) is 2. The van der Waals surface area contributed by atoms with Crippen molar-refractivity contribution in [2.45, 2.75) is 0 Å². The van der Waals surface area contributed by atoms with Gasteiger partial charge in [-0.2, -0.15) is 4.79 Å². The predicted molar refractivity (Wildman–Crippen MR) is 83.5 cm³/mol. The molecule has 0 fully saturated rings. The fraction of sp³-hybridized carbons (Fsp3) is 0. The number of carbonyl (C=O) groups is 1. The van der Waals surface area contributed by atoms with Crippen LogP contribution in [0.25, 0.3) is 0 Å². The molecule has 1 aliphatic rings. The summed E-state index contributed by atoms with van der Waals surface area (Å²) >= 11 is 11.8. The smallest absolute Gasteiger partial charge is 0.280 e. The minimum absolute atomic E-state index is 0.352. The molecule has 0 aromatic heterocycles. The average Bonchev–Trinajstić information content (AvgIpc) is 2.71. The summed E-state index contributed by atoms with van der Waals surface area (Å²) in [6.07, 6.45) is -1.00. The first-order valence-corrected chi connectivity index (χ1v) is 6.95. The van der Waals surface area contributed by atoms with Crippen LogP contribution >= 0.6 is 23.2 Å². The van der Waals surface area contributed by atoms with Gasteiger partial charge < -0.3 is 0 Å². The van der Waals surface area contributed by atoms with Gasteiger partial charge in [0.15, 0.2) is 0 Å². The zero-order chi connectivity index (χ0) is 15.5. The van der Waals surface area contributed by atoms with E-state index in [0.717, 1.165) is 0 Å². The van der Waals surface area contributed by atoms with Crippen LogP contribution in [0.4, 0.5) is 4.79 Å². The van der Waals surface area contributed by atoms with Gasteiger partial charge in [0.05, 0.1) is 0 Å². The summed E-state index contributed by atoms with van der Waals surface area (Å²) < 4.78 is 0.